The summed E-state index contributed by atoms with van der Waals surface area (Å²) in [5, 5.41) is 3.21. The molecular formula is C18H20N2OS. The first-order valence-corrected chi connectivity index (χ1v) is 8.92. The average Bonchev–Trinajstić information content (AvgIpc) is 3.21. The summed E-state index contributed by atoms with van der Waals surface area (Å²) in [4.78, 5) is 19.6. The van der Waals surface area contributed by atoms with E-state index in [1.165, 1.54) is 10.6 Å². The number of hydrogen-bond donors (Lipinski definition) is 0. The summed E-state index contributed by atoms with van der Waals surface area (Å²) in [5.74, 6) is 0.754. The SMILES string of the molecule is O=C(N1CCC[C@H](c2nccs2)C1)C1(c2ccccc2)CC1. The molecule has 1 atom stereocenters. The second kappa shape index (κ2) is 5.51. The number of benzene rings is 1. The topological polar surface area (TPSA) is 33.2 Å². The van der Waals surface area contributed by atoms with Crippen molar-refractivity contribution in [2.75, 3.05) is 13.1 Å². The van der Waals surface area contributed by atoms with Crippen LogP contribution in [0.3, 0.4) is 0 Å². The minimum Gasteiger partial charge on any atom is -0.341 e. The van der Waals surface area contributed by atoms with E-state index in [4.69, 9.17) is 0 Å². The molecule has 0 spiro atoms. The molecule has 1 aromatic carbocycles. The van der Waals surface area contributed by atoms with Crippen LogP contribution < -0.4 is 0 Å². The fraction of sp³-hybridized carbons (Fsp3) is 0.444. The minimum absolute atomic E-state index is 0.230. The minimum atomic E-state index is -0.230. The normalized spacial score (nSPS) is 23.3. The van der Waals surface area contributed by atoms with E-state index in [2.05, 4.69) is 22.0 Å². The lowest BCUT2D eigenvalue weighted by atomic mass is 9.91. The van der Waals surface area contributed by atoms with E-state index < -0.39 is 0 Å². The van der Waals surface area contributed by atoms with Gasteiger partial charge in [0.05, 0.1) is 10.4 Å². The van der Waals surface area contributed by atoms with Gasteiger partial charge in [-0.3, -0.25) is 4.79 Å². The first kappa shape index (κ1) is 13.9. The lowest BCUT2D eigenvalue weighted by Gasteiger charge is -2.34. The van der Waals surface area contributed by atoms with E-state index in [1.54, 1.807) is 11.3 Å². The van der Waals surface area contributed by atoms with Crippen molar-refractivity contribution < 1.29 is 4.79 Å². The molecule has 114 valence electrons. The van der Waals surface area contributed by atoms with Crippen molar-refractivity contribution in [3.8, 4) is 0 Å². The molecule has 22 heavy (non-hydrogen) atoms. The largest absolute Gasteiger partial charge is 0.341 e. The number of aromatic nitrogens is 1. The van der Waals surface area contributed by atoms with Crippen LogP contribution >= 0.6 is 11.3 Å². The molecule has 3 nitrogen and oxygen atoms in total. The van der Waals surface area contributed by atoms with Crippen LogP contribution in [0.15, 0.2) is 41.9 Å². The molecule has 0 unspecified atom stereocenters. The summed E-state index contributed by atoms with van der Waals surface area (Å²) in [6.07, 6.45) is 6.09. The van der Waals surface area contributed by atoms with Crippen LogP contribution in [0.4, 0.5) is 0 Å². The van der Waals surface area contributed by atoms with Gasteiger partial charge in [-0.15, -0.1) is 11.3 Å². The van der Waals surface area contributed by atoms with E-state index in [1.807, 2.05) is 29.8 Å². The van der Waals surface area contributed by atoms with E-state index in [0.29, 0.717) is 11.8 Å². The number of thiazole rings is 1. The standard InChI is InChI=1S/C18H20N2OS/c21-17(18(8-9-18)15-6-2-1-3-7-15)20-11-4-5-14(13-20)16-19-10-12-22-16/h1-3,6-7,10,12,14H,4-5,8-9,11,13H2/t14-/m0/s1. The smallest absolute Gasteiger partial charge is 0.233 e. The maximum absolute atomic E-state index is 13.1. The lowest BCUT2D eigenvalue weighted by Crippen LogP contribution is -2.44. The fourth-order valence-corrected chi connectivity index (χ4v) is 4.38. The monoisotopic (exact) mass is 312 g/mol. The summed E-state index contributed by atoms with van der Waals surface area (Å²) in [6, 6.07) is 10.3. The molecule has 1 saturated carbocycles. The number of carbonyl (C=O) groups excluding carboxylic acids is 1. The first-order valence-electron chi connectivity index (χ1n) is 8.04. The summed E-state index contributed by atoms with van der Waals surface area (Å²) in [6.45, 7) is 1.73. The molecule has 2 fully saturated rings. The quantitative estimate of drug-likeness (QED) is 0.868. The molecule has 1 aromatic heterocycles. The van der Waals surface area contributed by atoms with Crippen LogP contribution in [-0.2, 0) is 10.2 Å². The van der Waals surface area contributed by atoms with Crippen LogP contribution in [0, 0.1) is 0 Å². The fourth-order valence-electron chi connectivity index (χ4n) is 3.61. The summed E-state index contributed by atoms with van der Waals surface area (Å²) < 4.78 is 0. The average molecular weight is 312 g/mol. The summed E-state index contributed by atoms with van der Waals surface area (Å²) in [7, 11) is 0. The van der Waals surface area contributed by atoms with Crippen molar-refractivity contribution in [3.05, 3.63) is 52.5 Å². The molecule has 0 bridgehead atoms. The molecule has 1 amide bonds. The molecule has 4 rings (SSSR count). The summed E-state index contributed by atoms with van der Waals surface area (Å²) >= 11 is 1.71. The second-order valence-electron chi connectivity index (χ2n) is 6.41. The number of nitrogens with zero attached hydrogens (tertiary/aromatic N) is 2. The Hall–Kier alpha value is -1.68. The van der Waals surface area contributed by atoms with Gasteiger partial charge in [-0.2, -0.15) is 0 Å². The molecule has 4 heteroatoms. The zero-order valence-electron chi connectivity index (χ0n) is 12.6. The third-order valence-corrected chi connectivity index (χ3v) is 5.93. The third-order valence-electron chi connectivity index (χ3n) is 5.00. The van der Waals surface area contributed by atoms with Gasteiger partial charge in [0.15, 0.2) is 0 Å². The molecular weight excluding hydrogens is 292 g/mol. The molecule has 0 radical (unpaired) electrons. The van der Waals surface area contributed by atoms with Crippen LogP contribution in [0.5, 0.6) is 0 Å². The van der Waals surface area contributed by atoms with Crippen LogP contribution in [0.1, 0.15) is 42.2 Å². The first-order chi connectivity index (χ1) is 10.8. The molecule has 1 aliphatic carbocycles. The van der Waals surface area contributed by atoms with Crippen LogP contribution in [0.25, 0.3) is 0 Å². The number of piperidine rings is 1. The zero-order valence-corrected chi connectivity index (χ0v) is 13.4. The number of likely N-dealkylation sites (tertiary alicyclic amines) is 1. The Kier molecular flexibility index (Phi) is 3.49. The van der Waals surface area contributed by atoms with Crippen LogP contribution in [0.2, 0.25) is 0 Å². The Balaban J connectivity index is 1.53. The van der Waals surface area contributed by atoms with Gasteiger partial charge in [0, 0.05) is 30.6 Å². The Morgan fingerprint density at radius 2 is 2.09 bits per heavy atom. The molecule has 0 N–H and O–H groups in total. The van der Waals surface area contributed by atoms with Gasteiger partial charge in [0.1, 0.15) is 0 Å². The van der Waals surface area contributed by atoms with Gasteiger partial charge < -0.3 is 4.90 Å². The van der Waals surface area contributed by atoms with Crippen molar-refractivity contribution in [1.29, 1.82) is 0 Å². The van der Waals surface area contributed by atoms with Crippen molar-refractivity contribution in [3.63, 3.8) is 0 Å². The highest BCUT2D eigenvalue weighted by molar-refractivity contribution is 7.09. The van der Waals surface area contributed by atoms with Crippen molar-refractivity contribution in [1.82, 2.24) is 9.88 Å². The number of amides is 1. The highest BCUT2D eigenvalue weighted by Gasteiger charge is 2.53. The predicted molar refractivity (Wildman–Crippen MR) is 88.0 cm³/mol. The van der Waals surface area contributed by atoms with Crippen LogP contribution in [-0.4, -0.2) is 28.9 Å². The summed E-state index contributed by atoms with van der Waals surface area (Å²) in [5.41, 5.74) is 0.961. The highest BCUT2D eigenvalue weighted by atomic mass is 32.1. The maximum Gasteiger partial charge on any atom is 0.233 e. The van der Waals surface area contributed by atoms with E-state index in [0.717, 1.165) is 38.8 Å². The Morgan fingerprint density at radius 1 is 1.27 bits per heavy atom. The van der Waals surface area contributed by atoms with Gasteiger partial charge >= 0.3 is 0 Å². The molecule has 2 aliphatic rings. The van der Waals surface area contributed by atoms with Crippen molar-refractivity contribution in [2.45, 2.75) is 37.0 Å². The Bertz CT molecular complexity index is 649. The molecule has 1 saturated heterocycles. The Morgan fingerprint density at radius 3 is 2.77 bits per heavy atom. The van der Waals surface area contributed by atoms with Gasteiger partial charge in [-0.1, -0.05) is 30.3 Å². The van der Waals surface area contributed by atoms with Gasteiger partial charge in [0.25, 0.3) is 0 Å². The lowest BCUT2D eigenvalue weighted by molar-refractivity contribution is -0.135. The predicted octanol–water partition coefficient (Wildman–Crippen LogP) is 3.58. The number of hydrogen-bond acceptors (Lipinski definition) is 3. The van der Waals surface area contributed by atoms with E-state index >= 15 is 0 Å². The van der Waals surface area contributed by atoms with Crippen molar-refractivity contribution in [2.24, 2.45) is 0 Å². The van der Waals surface area contributed by atoms with E-state index in [9.17, 15) is 4.79 Å². The van der Waals surface area contributed by atoms with Gasteiger partial charge in [0.2, 0.25) is 5.91 Å². The highest BCUT2D eigenvalue weighted by Crippen LogP contribution is 2.50. The van der Waals surface area contributed by atoms with Gasteiger partial charge in [-0.05, 0) is 31.2 Å². The molecule has 2 heterocycles. The number of rotatable bonds is 3. The molecule has 2 aromatic rings. The third kappa shape index (κ3) is 2.35. The zero-order chi connectivity index (χ0) is 15.0. The van der Waals surface area contributed by atoms with E-state index in [-0.39, 0.29) is 5.41 Å². The molecule has 1 aliphatic heterocycles. The maximum atomic E-state index is 13.1. The van der Waals surface area contributed by atoms with Gasteiger partial charge in [-0.25, -0.2) is 4.98 Å². The van der Waals surface area contributed by atoms with Crippen molar-refractivity contribution >= 4 is 17.2 Å². The Labute approximate surface area is 135 Å². The second-order valence-corrected chi connectivity index (χ2v) is 7.33. The number of carbonyl (C=O) groups is 1.